The predicted molar refractivity (Wildman–Crippen MR) is 96.0 cm³/mol. The number of rotatable bonds is 4. The molecule has 0 aromatic heterocycles. The Morgan fingerprint density at radius 2 is 1.64 bits per heavy atom. The highest BCUT2D eigenvalue weighted by Gasteiger charge is 2.14. The third-order valence-electron chi connectivity index (χ3n) is 3.59. The van der Waals surface area contributed by atoms with E-state index in [4.69, 9.17) is 9.47 Å². The van der Waals surface area contributed by atoms with Gasteiger partial charge in [-0.25, -0.2) is 9.59 Å². The number of carbonyl (C=O) groups is 2. The summed E-state index contributed by atoms with van der Waals surface area (Å²) in [6, 6.07) is 19.5. The first-order valence-electron chi connectivity index (χ1n) is 7.92. The maximum atomic E-state index is 12.4. The normalized spacial score (nSPS) is 10.3. The van der Waals surface area contributed by atoms with Gasteiger partial charge in [0.15, 0.2) is 0 Å². The number of ether oxygens (including phenoxy) is 2. The molecule has 0 aliphatic heterocycles. The molecule has 0 spiro atoms. The van der Waals surface area contributed by atoms with Gasteiger partial charge in [-0.05, 0) is 36.6 Å². The summed E-state index contributed by atoms with van der Waals surface area (Å²) in [6.45, 7) is 2.00. The van der Waals surface area contributed by atoms with E-state index in [1.807, 2.05) is 24.3 Å². The summed E-state index contributed by atoms with van der Waals surface area (Å²) in [5, 5.41) is 4.17. The van der Waals surface area contributed by atoms with Gasteiger partial charge in [-0.15, -0.1) is 0 Å². The Morgan fingerprint density at radius 1 is 0.920 bits per heavy atom. The van der Waals surface area contributed by atoms with Crippen molar-refractivity contribution in [2.75, 3.05) is 11.9 Å². The number of fused-ring (bicyclic) bond motifs is 1. The highest BCUT2D eigenvalue weighted by molar-refractivity contribution is 6.05. The molecule has 0 radical (unpaired) electrons. The molecule has 1 amide bonds. The van der Waals surface area contributed by atoms with Crippen molar-refractivity contribution in [2.45, 2.75) is 6.92 Å². The molecule has 0 saturated carbocycles. The van der Waals surface area contributed by atoms with Crippen LogP contribution in [0.2, 0.25) is 0 Å². The molecule has 0 aliphatic rings. The zero-order valence-corrected chi connectivity index (χ0v) is 13.7. The van der Waals surface area contributed by atoms with Gasteiger partial charge in [0.05, 0.1) is 17.9 Å². The Morgan fingerprint density at radius 3 is 2.36 bits per heavy atom. The molecule has 0 unspecified atom stereocenters. The van der Waals surface area contributed by atoms with Crippen LogP contribution in [0.4, 0.5) is 10.5 Å². The molecule has 0 fully saturated rings. The van der Waals surface area contributed by atoms with Crippen molar-refractivity contribution in [1.29, 1.82) is 0 Å². The van der Waals surface area contributed by atoms with Crippen molar-refractivity contribution in [3.63, 3.8) is 0 Å². The van der Waals surface area contributed by atoms with E-state index in [9.17, 15) is 9.59 Å². The lowest BCUT2D eigenvalue weighted by Gasteiger charge is -2.12. The van der Waals surface area contributed by atoms with Crippen LogP contribution in [-0.4, -0.2) is 18.7 Å². The van der Waals surface area contributed by atoms with E-state index < -0.39 is 12.1 Å². The zero-order valence-electron chi connectivity index (χ0n) is 13.7. The SMILES string of the molecule is CCOC(=O)Nc1cccc2cccc(OC(=O)c3ccccc3)c12. The average molecular weight is 335 g/mol. The van der Waals surface area contributed by atoms with Crippen molar-refractivity contribution < 1.29 is 19.1 Å². The molecular formula is C20H17NO4. The minimum Gasteiger partial charge on any atom is -0.450 e. The lowest BCUT2D eigenvalue weighted by atomic mass is 10.1. The van der Waals surface area contributed by atoms with Crippen molar-refractivity contribution in [1.82, 2.24) is 0 Å². The second-order valence-electron chi connectivity index (χ2n) is 5.26. The molecular weight excluding hydrogens is 318 g/mol. The Hall–Kier alpha value is -3.34. The molecule has 0 bridgehead atoms. The first-order chi connectivity index (χ1) is 12.2. The number of amides is 1. The highest BCUT2D eigenvalue weighted by Crippen LogP contribution is 2.33. The number of carbonyl (C=O) groups excluding carboxylic acids is 2. The number of benzene rings is 3. The topological polar surface area (TPSA) is 64.6 Å². The van der Waals surface area contributed by atoms with Crippen LogP contribution >= 0.6 is 0 Å². The minimum absolute atomic E-state index is 0.270. The second-order valence-corrected chi connectivity index (χ2v) is 5.26. The standard InChI is InChI=1S/C20H17NO4/c1-2-24-20(23)21-16-12-6-10-14-11-7-13-17(18(14)16)25-19(22)15-8-4-3-5-9-15/h3-13H,2H2,1H3,(H,21,23). The number of anilines is 1. The van der Waals surface area contributed by atoms with E-state index in [-0.39, 0.29) is 6.61 Å². The minimum atomic E-state index is -0.556. The molecule has 0 aliphatic carbocycles. The van der Waals surface area contributed by atoms with Crippen molar-refractivity contribution in [3.8, 4) is 5.75 Å². The van der Waals surface area contributed by atoms with Crippen LogP contribution < -0.4 is 10.1 Å². The number of hydrogen-bond donors (Lipinski definition) is 1. The maximum absolute atomic E-state index is 12.4. The Bertz CT molecular complexity index is 901. The van der Waals surface area contributed by atoms with Gasteiger partial charge in [-0.1, -0.05) is 42.5 Å². The molecule has 0 heterocycles. The van der Waals surface area contributed by atoms with Gasteiger partial charge in [0.25, 0.3) is 0 Å². The highest BCUT2D eigenvalue weighted by atomic mass is 16.5. The number of esters is 1. The summed E-state index contributed by atoms with van der Waals surface area (Å²) in [7, 11) is 0. The van der Waals surface area contributed by atoms with E-state index in [1.54, 1.807) is 49.4 Å². The third-order valence-corrected chi connectivity index (χ3v) is 3.59. The molecule has 5 heteroatoms. The summed E-state index contributed by atoms with van der Waals surface area (Å²) in [6.07, 6.45) is -0.556. The number of hydrogen-bond acceptors (Lipinski definition) is 4. The van der Waals surface area contributed by atoms with Gasteiger partial charge in [-0.2, -0.15) is 0 Å². The van der Waals surface area contributed by atoms with E-state index in [0.29, 0.717) is 22.4 Å². The quantitative estimate of drug-likeness (QED) is 0.558. The summed E-state index contributed by atoms with van der Waals surface area (Å²) < 4.78 is 10.5. The van der Waals surface area contributed by atoms with Crippen molar-refractivity contribution in [2.24, 2.45) is 0 Å². The molecule has 3 aromatic carbocycles. The number of nitrogens with one attached hydrogen (secondary N) is 1. The Labute approximate surface area is 145 Å². The molecule has 0 atom stereocenters. The van der Waals surface area contributed by atoms with Gasteiger partial charge >= 0.3 is 12.1 Å². The molecule has 25 heavy (non-hydrogen) atoms. The predicted octanol–water partition coefficient (Wildman–Crippen LogP) is 4.63. The van der Waals surface area contributed by atoms with Crippen LogP contribution in [0.15, 0.2) is 66.7 Å². The van der Waals surface area contributed by atoms with Gasteiger partial charge in [0.1, 0.15) is 5.75 Å². The Balaban J connectivity index is 1.97. The molecule has 3 aromatic rings. The molecule has 0 saturated heterocycles. The smallest absolute Gasteiger partial charge is 0.411 e. The average Bonchev–Trinajstić information content (AvgIpc) is 2.63. The van der Waals surface area contributed by atoms with Crippen LogP contribution in [0.1, 0.15) is 17.3 Å². The van der Waals surface area contributed by atoms with Crippen LogP contribution in [0, 0.1) is 0 Å². The van der Waals surface area contributed by atoms with E-state index in [0.717, 1.165) is 5.39 Å². The Kier molecular flexibility index (Phi) is 4.95. The van der Waals surface area contributed by atoms with Gasteiger partial charge in [0.2, 0.25) is 0 Å². The van der Waals surface area contributed by atoms with Gasteiger partial charge < -0.3 is 9.47 Å². The monoisotopic (exact) mass is 335 g/mol. The van der Waals surface area contributed by atoms with Gasteiger partial charge in [0, 0.05) is 5.39 Å². The van der Waals surface area contributed by atoms with Crippen LogP contribution in [0.5, 0.6) is 5.75 Å². The molecule has 3 rings (SSSR count). The van der Waals surface area contributed by atoms with Crippen LogP contribution in [0.3, 0.4) is 0 Å². The summed E-state index contributed by atoms with van der Waals surface area (Å²) in [5.74, 6) is -0.0854. The van der Waals surface area contributed by atoms with Crippen LogP contribution in [0.25, 0.3) is 10.8 Å². The zero-order chi connectivity index (χ0) is 17.6. The second kappa shape index (κ2) is 7.49. The van der Waals surface area contributed by atoms with E-state index in [2.05, 4.69) is 5.32 Å². The maximum Gasteiger partial charge on any atom is 0.411 e. The van der Waals surface area contributed by atoms with Crippen molar-refractivity contribution >= 4 is 28.5 Å². The summed E-state index contributed by atoms with van der Waals surface area (Å²) in [5.41, 5.74) is 0.975. The van der Waals surface area contributed by atoms with Crippen molar-refractivity contribution in [3.05, 3.63) is 72.3 Å². The molecule has 126 valence electrons. The largest absolute Gasteiger partial charge is 0.450 e. The molecule has 1 N–H and O–H groups in total. The lowest BCUT2D eigenvalue weighted by Crippen LogP contribution is -2.14. The van der Waals surface area contributed by atoms with Gasteiger partial charge in [-0.3, -0.25) is 5.32 Å². The fourth-order valence-corrected chi connectivity index (χ4v) is 2.51. The van der Waals surface area contributed by atoms with E-state index in [1.165, 1.54) is 0 Å². The third kappa shape index (κ3) is 3.77. The van der Waals surface area contributed by atoms with E-state index >= 15 is 0 Å². The fraction of sp³-hybridized carbons (Fsp3) is 0.100. The summed E-state index contributed by atoms with van der Waals surface area (Å²) in [4.78, 5) is 24.1. The first-order valence-corrected chi connectivity index (χ1v) is 7.92. The lowest BCUT2D eigenvalue weighted by molar-refractivity contribution is 0.0737. The summed E-state index contributed by atoms with van der Waals surface area (Å²) >= 11 is 0. The van der Waals surface area contributed by atoms with Crippen LogP contribution in [-0.2, 0) is 4.74 Å². The fourth-order valence-electron chi connectivity index (χ4n) is 2.51. The first kappa shape index (κ1) is 16.5. The molecule has 5 nitrogen and oxygen atoms in total.